The van der Waals surface area contributed by atoms with E-state index in [2.05, 4.69) is 90.2 Å². The molecular weight excluding hydrogens is 839 g/mol. The topological polar surface area (TPSA) is 109 Å². The average molecular weight is 888 g/mol. The third-order valence-electron chi connectivity index (χ3n) is 12.2. The number of phenolic OH excluding ortho intramolecular Hbond substituents is 1. The third kappa shape index (κ3) is 8.23. The number of aromatic nitrogens is 1. The highest BCUT2D eigenvalue weighted by Gasteiger charge is 2.58. The standard InChI is InChI=1S/C47H48BBrN2O6SSi/c1-47(2,3)59(36-14-6-4-7-15-36,37-16-8-5-9-17-37)56-30-33-27-38-44(46(54)51(45(38)53)29-35-13-12-24-58-35)39-28-48(55)57-42(43(33)39)22-19-31(40-18-10-11-23-50-40)25-32-26-34(49)20-21-41(32)52/h4-18,20-21,23-26,38-39,42,44,52,55H,19,22,27-30H2,1-3H3/b31-25-/t38-,39+,42-,44-/m1/s1. The lowest BCUT2D eigenvalue weighted by molar-refractivity contribution is -0.140. The van der Waals surface area contributed by atoms with Gasteiger partial charge >= 0.3 is 7.12 Å². The first-order chi connectivity index (χ1) is 28.4. The quantitative estimate of drug-likeness (QED) is 0.0735. The van der Waals surface area contributed by atoms with Crippen molar-refractivity contribution in [1.29, 1.82) is 0 Å². The van der Waals surface area contributed by atoms with Crippen LogP contribution in [0.5, 0.6) is 5.75 Å². The molecule has 1 aliphatic carbocycles. The number of benzene rings is 3. The zero-order valence-corrected chi connectivity index (χ0v) is 36.9. The molecule has 2 amide bonds. The zero-order valence-electron chi connectivity index (χ0n) is 33.5. The summed E-state index contributed by atoms with van der Waals surface area (Å²) in [6, 6.07) is 35.9. The van der Waals surface area contributed by atoms with Crippen molar-refractivity contribution in [2.24, 2.45) is 17.8 Å². The number of carbonyl (C=O) groups excluding carboxylic acids is 2. The van der Waals surface area contributed by atoms with Crippen molar-refractivity contribution in [3.05, 3.63) is 153 Å². The number of pyridine rings is 1. The Morgan fingerprint density at radius 2 is 1.68 bits per heavy atom. The van der Waals surface area contributed by atoms with E-state index in [1.807, 2.05) is 60.0 Å². The van der Waals surface area contributed by atoms with Crippen LogP contribution in [0, 0.1) is 17.8 Å². The number of likely N-dealkylation sites (tertiary alicyclic amines) is 1. The van der Waals surface area contributed by atoms with E-state index in [1.165, 1.54) is 16.2 Å². The molecule has 0 radical (unpaired) electrons. The summed E-state index contributed by atoms with van der Waals surface area (Å²) in [5, 5.41) is 26.3. The molecule has 8 nitrogen and oxygen atoms in total. The Bertz CT molecular complexity index is 2320. The molecule has 0 unspecified atom stereocenters. The van der Waals surface area contributed by atoms with Gasteiger partial charge in [-0.3, -0.25) is 19.5 Å². The predicted molar refractivity (Wildman–Crippen MR) is 240 cm³/mol. The summed E-state index contributed by atoms with van der Waals surface area (Å²) in [4.78, 5) is 35.9. The van der Waals surface area contributed by atoms with Gasteiger partial charge in [0.15, 0.2) is 0 Å². The number of hydrogen-bond acceptors (Lipinski definition) is 8. The van der Waals surface area contributed by atoms with Crippen molar-refractivity contribution in [3.63, 3.8) is 0 Å². The molecule has 0 saturated carbocycles. The van der Waals surface area contributed by atoms with Crippen LogP contribution in [0.25, 0.3) is 11.6 Å². The number of rotatable bonds is 12. The normalized spacial score (nSPS) is 21.2. The van der Waals surface area contributed by atoms with Gasteiger partial charge in [-0.15, -0.1) is 11.3 Å². The van der Waals surface area contributed by atoms with Crippen LogP contribution in [-0.4, -0.2) is 60.0 Å². The lowest BCUT2D eigenvalue weighted by atomic mass is 9.58. The largest absolute Gasteiger partial charge is 0.507 e. The van der Waals surface area contributed by atoms with Gasteiger partial charge in [0.1, 0.15) is 5.75 Å². The van der Waals surface area contributed by atoms with Crippen LogP contribution in [-0.2, 0) is 25.2 Å². The van der Waals surface area contributed by atoms with Crippen LogP contribution < -0.4 is 10.4 Å². The number of amides is 2. The Morgan fingerprint density at radius 3 is 2.32 bits per heavy atom. The van der Waals surface area contributed by atoms with E-state index in [9.17, 15) is 19.7 Å². The van der Waals surface area contributed by atoms with Gasteiger partial charge in [0.25, 0.3) is 8.32 Å². The molecule has 12 heteroatoms. The van der Waals surface area contributed by atoms with Crippen LogP contribution in [0.4, 0.5) is 0 Å². The van der Waals surface area contributed by atoms with Crippen molar-refractivity contribution in [2.75, 3.05) is 6.61 Å². The maximum atomic E-state index is 14.5. The van der Waals surface area contributed by atoms with Crippen LogP contribution in [0.2, 0.25) is 11.4 Å². The lowest BCUT2D eigenvalue weighted by Gasteiger charge is -2.46. The molecule has 4 atom stereocenters. The van der Waals surface area contributed by atoms with E-state index < -0.39 is 39.3 Å². The van der Waals surface area contributed by atoms with Crippen molar-refractivity contribution in [3.8, 4) is 5.75 Å². The Labute approximate surface area is 360 Å². The van der Waals surface area contributed by atoms with Crippen LogP contribution in [0.15, 0.2) is 136 Å². The second-order valence-corrected chi connectivity index (χ2v) is 23.0. The van der Waals surface area contributed by atoms with Crippen LogP contribution in [0.1, 0.15) is 56.2 Å². The maximum Gasteiger partial charge on any atom is 0.455 e. The molecule has 8 rings (SSSR count). The summed E-state index contributed by atoms with van der Waals surface area (Å²) in [6.45, 7) is 7.22. The van der Waals surface area contributed by atoms with E-state index in [0.717, 1.165) is 42.1 Å². The van der Waals surface area contributed by atoms with E-state index in [4.69, 9.17) is 9.08 Å². The molecule has 59 heavy (non-hydrogen) atoms. The van der Waals surface area contributed by atoms with Crippen LogP contribution in [0.3, 0.4) is 0 Å². The van der Waals surface area contributed by atoms with Crippen molar-refractivity contribution in [1.82, 2.24) is 9.88 Å². The number of carbonyl (C=O) groups is 2. The number of imide groups is 1. The van der Waals surface area contributed by atoms with E-state index in [1.54, 1.807) is 18.3 Å². The van der Waals surface area contributed by atoms with Gasteiger partial charge in [0.2, 0.25) is 11.8 Å². The van der Waals surface area contributed by atoms with Gasteiger partial charge < -0.3 is 19.2 Å². The molecule has 2 fully saturated rings. The summed E-state index contributed by atoms with van der Waals surface area (Å²) >= 11 is 5.07. The Balaban J connectivity index is 1.22. The first-order valence-electron chi connectivity index (χ1n) is 20.2. The number of fused-ring (bicyclic) bond motifs is 3. The molecule has 3 aliphatic rings. The Hall–Kier alpha value is -4.43. The van der Waals surface area contributed by atoms with Gasteiger partial charge in [-0.1, -0.05) is 109 Å². The fourth-order valence-corrected chi connectivity index (χ4v) is 15.2. The van der Waals surface area contributed by atoms with Gasteiger partial charge in [-0.05, 0) is 111 Å². The monoisotopic (exact) mass is 886 g/mol. The molecule has 2 saturated heterocycles. The smallest absolute Gasteiger partial charge is 0.455 e. The number of halogens is 1. The molecule has 302 valence electrons. The number of hydrogen-bond donors (Lipinski definition) is 2. The summed E-state index contributed by atoms with van der Waals surface area (Å²) in [6.07, 6.45) is 4.64. The Kier molecular flexibility index (Phi) is 12.1. The summed E-state index contributed by atoms with van der Waals surface area (Å²) < 4.78 is 14.9. The van der Waals surface area contributed by atoms with Gasteiger partial charge in [-0.25, -0.2) is 0 Å². The fourth-order valence-electron chi connectivity index (χ4n) is 9.58. The highest BCUT2D eigenvalue weighted by atomic mass is 79.9. The number of nitrogens with zero attached hydrogens (tertiary/aromatic N) is 2. The van der Waals surface area contributed by atoms with Crippen molar-refractivity contribution >= 4 is 76.5 Å². The van der Waals surface area contributed by atoms with Gasteiger partial charge in [0.05, 0.1) is 36.8 Å². The minimum atomic E-state index is -3.01. The molecule has 0 bridgehead atoms. The number of allylic oxidation sites excluding steroid dienone is 1. The minimum absolute atomic E-state index is 0.145. The second-order valence-electron chi connectivity index (χ2n) is 16.7. The zero-order chi connectivity index (χ0) is 41.3. The summed E-state index contributed by atoms with van der Waals surface area (Å²) in [5.74, 6) is -1.80. The first-order valence-corrected chi connectivity index (χ1v) is 23.8. The van der Waals surface area contributed by atoms with Crippen molar-refractivity contribution in [2.45, 2.75) is 64.0 Å². The Morgan fingerprint density at radius 1 is 0.966 bits per heavy atom. The third-order valence-corrected chi connectivity index (χ3v) is 18.5. The number of aromatic hydroxyl groups is 1. The van der Waals surface area contributed by atoms with Gasteiger partial charge in [-0.2, -0.15) is 0 Å². The minimum Gasteiger partial charge on any atom is -0.507 e. The lowest BCUT2D eigenvalue weighted by Crippen LogP contribution is -2.66. The summed E-state index contributed by atoms with van der Waals surface area (Å²) in [5.41, 5.74) is 4.21. The van der Waals surface area contributed by atoms with Gasteiger partial charge in [0, 0.05) is 21.1 Å². The molecule has 4 heterocycles. The molecule has 5 aromatic rings. The van der Waals surface area contributed by atoms with E-state index in [-0.39, 0.29) is 42.1 Å². The first kappa shape index (κ1) is 41.3. The fraction of sp³-hybridized carbons (Fsp3) is 0.298. The van der Waals surface area contributed by atoms with E-state index >= 15 is 0 Å². The molecule has 0 spiro atoms. The highest BCUT2D eigenvalue weighted by Crippen LogP contribution is 2.52. The predicted octanol–water partition coefficient (Wildman–Crippen LogP) is 8.51. The van der Waals surface area contributed by atoms with Crippen LogP contribution >= 0.6 is 27.3 Å². The second kappa shape index (κ2) is 17.3. The summed E-state index contributed by atoms with van der Waals surface area (Å²) in [7, 11) is -4.14. The molecular formula is C47H48BBrN2O6SSi. The molecule has 3 aromatic carbocycles. The number of thiophene rings is 1. The van der Waals surface area contributed by atoms with Crippen molar-refractivity contribution < 1.29 is 28.8 Å². The highest BCUT2D eigenvalue weighted by molar-refractivity contribution is 9.10. The average Bonchev–Trinajstić information content (AvgIpc) is 3.84. The number of phenols is 1. The molecule has 2 N–H and O–H groups in total. The SMILES string of the molecule is CC(C)(C)[Si](OCC1=C2[C@@H](CC/C(=C/c3cc(Br)ccc3O)c3ccccn3)OB(O)C[C@@H]2[C@@H]2C(=O)N(Cc3cccs3)C(=O)[C@@H]2C1)(c1ccccc1)c1ccccc1. The maximum absolute atomic E-state index is 14.5. The van der Waals surface area contributed by atoms with E-state index in [0.29, 0.717) is 24.8 Å². The molecule has 2 aromatic heterocycles. The molecule has 2 aliphatic heterocycles.